The molecule has 0 aliphatic carbocycles. The average Bonchev–Trinajstić information content (AvgIpc) is 2.76. The molecule has 2 atom stereocenters. The predicted octanol–water partition coefficient (Wildman–Crippen LogP) is 3.03. The van der Waals surface area contributed by atoms with Crippen molar-refractivity contribution >= 4 is 15.9 Å². The minimum atomic E-state index is -0.235. The van der Waals surface area contributed by atoms with E-state index < -0.39 is 0 Å². The first-order chi connectivity index (χ1) is 8.15. The number of hydrogen-bond acceptors (Lipinski definition) is 2. The fourth-order valence-corrected chi connectivity index (χ4v) is 2.65. The maximum atomic E-state index is 13.1. The monoisotopic (exact) mass is 301 g/mol. The highest BCUT2D eigenvalue weighted by Gasteiger charge is 2.18. The Hall–Kier alpha value is -0.450. The van der Waals surface area contributed by atoms with Crippen LogP contribution in [0.15, 0.2) is 22.7 Å². The summed E-state index contributed by atoms with van der Waals surface area (Å²) in [6, 6.07) is 5.13. The molecule has 1 fully saturated rings. The van der Waals surface area contributed by atoms with Gasteiger partial charge in [0.2, 0.25) is 0 Å². The van der Waals surface area contributed by atoms with Crippen molar-refractivity contribution in [1.82, 2.24) is 0 Å². The van der Waals surface area contributed by atoms with Crippen LogP contribution in [0.1, 0.15) is 24.8 Å². The molecule has 1 aliphatic heterocycles. The maximum absolute atomic E-state index is 13.1. The van der Waals surface area contributed by atoms with E-state index in [1.807, 2.05) is 0 Å². The number of halogens is 2. The molecule has 0 spiro atoms. The molecule has 2 N–H and O–H groups in total. The van der Waals surface area contributed by atoms with Gasteiger partial charge in [-0.2, -0.15) is 0 Å². The molecule has 1 aromatic rings. The van der Waals surface area contributed by atoms with Gasteiger partial charge in [-0.25, -0.2) is 4.39 Å². The minimum absolute atomic E-state index is 0.0791. The zero-order chi connectivity index (χ0) is 12.3. The summed E-state index contributed by atoms with van der Waals surface area (Å²) < 4.78 is 19.1. The lowest BCUT2D eigenvalue weighted by atomic mass is 10.0. The van der Waals surface area contributed by atoms with Crippen molar-refractivity contribution in [3.63, 3.8) is 0 Å². The molecule has 94 valence electrons. The van der Waals surface area contributed by atoms with Crippen LogP contribution in [-0.4, -0.2) is 18.8 Å². The summed E-state index contributed by atoms with van der Waals surface area (Å²) in [7, 11) is 0. The Morgan fingerprint density at radius 2 is 2.35 bits per heavy atom. The van der Waals surface area contributed by atoms with E-state index in [-0.39, 0.29) is 11.9 Å². The molecular formula is C13H17BrFNO. The third-order valence-corrected chi connectivity index (χ3v) is 3.68. The van der Waals surface area contributed by atoms with Crippen LogP contribution in [0.2, 0.25) is 0 Å². The van der Waals surface area contributed by atoms with Gasteiger partial charge in [0.25, 0.3) is 0 Å². The van der Waals surface area contributed by atoms with Gasteiger partial charge in [-0.05, 0) is 59.3 Å². The highest BCUT2D eigenvalue weighted by atomic mass is 79.9. The van der Waals surface area contributed by atoms with Crippen molar-refractivity contribution in [2.24, 2.45) is 5.73 Å². The van der Waals surface area contributed by atoms with Gasteiger partial charge >= 0.3 is 0 Å². The topological polar surface area (TPSA) is 35.2 Å². The number of benzene rings is 1. The number of hydrogen-bond donors (Lipinski definition) is 1. The van der Waals surface area contributed by atoms with E-state index in [1.165, 1.54) is 6.07 Å². The van der Waals surface area contributed by atoms with Gasteiger partial charge < -0.3 is 10.5 Å². The lowest BCUT2D eigenvalue weighted by molar-refractivity contribution is 0.0983. The Balaban J connectivity index is 1.88. The van der Waals surface area contributed by atoms with E-state index in [0.29, 0.717) is 10.6 Å². The first-order valence-electron chi connectivity index (χ1n) is 5.96. The van der Waals surface area contributed by atoms with Crippen molar-refractivity contribution in [2.45, 2.75) is 37.8 Å². The van der Waals surface area contributed by atoms with E-state index in [0.717, 1.165) is 37.9 Å². The lowest BCUT2D eigenvalue weighted by Crippen LogP contribution is -2.28. The van der Waals surface area contributed by atoms with E-state index in [1.54, 1.807) is 12.1 Å². The maximum Gasteiger partial charge on any atom is 0.137 e. The standard InChI is InChI=1S/C13H17BrFNO/c14-12-7-9(3-4-13(12)15)6-10(16)8-11-2-1-5-17-11/h3-4,7,10-11H,1-2,5-6,8,16H2. The summed E-state index contributed by atoms with van der Waals surface area (Å²) in [5, 5.41) is 0. The molecule has 0 saturated carbocycles. The molecule has 1 aliphatic rings. The second-order valence-corrected chi connectivity index (χ2v) is 5.44. The summed E-state index contributed by atoms with van der Waals surface area (Å²) in [5.41, 5.74) is 7.14. The Morgan fingerprint density at radius 3 is 3.00 bits per heavy atom. The zero-order valence-corrected chi connectivity index (χ0v) is 11.2. The summed E-state index contributed by atoms with van der Waals surface area (Å²) >= 11 is 3.18. The summed E-state index contributed by atoms with van der Waals surface area (Å²) in [4.78, 5) is 0. The van der Waals surface area contributed by atoms with Crippen LogP contribution >= 0.6 is 15.9 Å². The largest absolute Gasteiger partial charge is 0.378 e. The number of rotatable bonds is 4. The molecule has 1 saturated heterocycles. The van der Waals surface area contributed by atoms with Gasteiger partial charge in [0, 0.05) is 12.6 Å². The third kappa shape index (κ3) is 3.76. The van der Waals surface area contributed by atoms with Gasteiger partial charge in [-0.1, -0.05) is 6.07 Å². The Kier molecular flexibility index (Phi) is 4.54. The molecule has 0 bridgehead atoms. The smallest absolute Gasteiger partial charge is 0.137 e. The van der Waals surface area contributed by atoms with Crippen LogP contribution in [0.5, 0.6) is 0 Å². The fraction of sp³-hybridized carbons (Fsp3) is 0.538. The average molecular weight is 302 g/mol. The van der Waals surface area contributed by atoms with Crippen molar-refractivity contribution < 1.29 is 9.13 Å². The third-order valence-electron chi connectivity index (χ3n) is 3.07. The van der Waals surface area contributed by atoms with Gasteiger partial charge in [-0.15, -0.1) is 0 Å². The molecule has 17 heavy (non-hydrogen) atoms. The Labute approximate surface area is 109 Å². The van der Waals surface area contributed by atoms with E-state index in [4.69, 9.17) is 10.5 Å². The van der Waals surface area contributed by atoms with E-state index >= 15 is 0 Å². The minimum Gasteiger partial charge on any atom is -0.378 e. The van der Waals surface area contributed by atoms with Crippen LogP contribution in [0.4, 0.5) is 4.39 Å². The van der Waals surface area contributed by atoms with Gasteiger partial charge in [0.15, 0.2) is 0 Å². The van der Waals surface area contributed by atoms with Gasteiger partial charge in [0.05, 0.1) is 10.6 Å². The van der Waals surface area contributed by atoms with E-state index in [2.05, 4.69) is 15.9 Å². The molecule has 1 aromatic carbocycles. The van der Waals surface area contributed by atoms with Gasteiger partial charge in [0.1, 0.15) is 5.82 Å². The van der Waals surface area contributed by atoms with Crippen LogP contribution in [-0.2, 0) is 11.2 Å². The first kappa shape index (κ1) is 13.0. The van der Waals surface area contributed by atoms with Gasteiger partial charge in [-0.3, -0.25) is 0 Å². The first-order valence-corrected chi connectivity index (χ1v) is 6.75. The molecule has 2 rings (SSSR count). The number of ether oxygens (including phenoxy) is 1. The zero-order valence-electron chi connectivity index (χ0n) is 9.66. The second-order valence-electron chi connectivity index (χ2n) is 4.58. The van der Waals surface area contributed by atoms with Crippen molar-refractivity contribution in [3.8, 4) is 0 Å². The molecule has 0 radical (unpaired) electrons. The molecule has 0 aromatic heterocycles. The Morgan fingerprint density at radius 1 is 1.53 bits per heavy atom. The molecule has 0 amide bonds. The van der Waals surface area contributed by atoms with E-state index in [9.17, 15) is 4.39 Å². The second kappa shape index (κ2) is 5.94. The number of nitrogens with two attached hydrogens (primary N) is 1. The molecule has 2 nitrogen and oxygen atoms in total. The SMILES string of the molecule is NC(Cc1ccc(F)c(Br)c1)CC1CCCO1. The van der Waals surface area contributed by atoms with Crippen LogP contribution in [0, 0.1) is 5.82 Å². The fourth-order valence-electron chi connectivity index (χ4n) is 2.22. The summed E-state index contributed by atoms with van der Waals surface area (Å²) in [6.45, 7) is 0.861. The van der Waals surface area contributed by atoms with Crippen molar-refractivity contribution in [2.75, 3.05) is 6.61 Å². The van der Waals surface area contributed by atoms with Crippen molar-refractivity contribution in [3.05, 3.63) is 34.1 Å². The van der Waals surface area contributed by atoms with Crippen LogP contribution in [0.3, 0.4) is 0 Å². The van der Waals surface area contributed by atoms with Crippen molar-refractivity contribution in [1.29, 1.82) is 0 Å². The molecule has 2 unspecified atom stereocenters. The molecule has 1 heterocycles. The van der Waals surface area contributed by atoms with Crippen LogP contribution < -0.4 is 5.73 Å². The Bertz CT molecular complexity index is 380. The lowest BCUT2D eigenvalue weighted by Gasteiger charge is -2.16. The normalized spacial score (nSPS) is 21.7. The molecular weight excluding hydrogens is 285 g/mol. The molecule has 4 heteroatoms. The summed E-state index contributed by atoms with van der Waals surface area (Å²) in [5.74, 6) is -0.235. The summed E-state index contributed by atoms with van der Waals surface area (Å²) in [6.07, 6.45) is 4.21. The highest BCUT2D eigenvalue weighted by Crippen LogP contribution is 2.20. The van der Waals surface area contributed by atoms with Crippen LogP contribution in [0.25, 0.3) is 0 Å². The quantitative estimate of drug-likeness (QED) is 0.928. The highest BCUT2D eigenvalue weighted by molar-refractivity contribution is 9.10. The predicted molar refractivity (Wildman–Crippen MR) is 69.4 cm³/mol.